The third-order valence-corrected chi connectivity index (χ3v) is 3.23. The molecule has 0 fully saturated rings. The average molecular weight is 262 g/mol. The van der Waals surface area contributed by atoms with Gasteiger partial charge in [0.25, 0.3) is 0 Å². The molecule has 0 bridgehead atoms. The van der Waals surface area contributed by atoms with Crippen LogP contribution in [0.5, 0.6) is 0 Å². The quantitative estimate of drug-likeness (QED) is 0.860. The molecule has 0 aliphatic heterocycles. The molecule has 5 nitrogen and oxygen atoms in total. The molecule has 0 saturated heterocycles. The summed E-state index contributed by atoms with van der Waals surface area (Å²) in [5.41, 5.74) is 7.88. The van der Waals surface area contributed by atoms with Crippen molar-refractivity contribution < 1.29 is 4.74 Å². The van der Waals surface area contributed by atoms with Gasteiger partial charge < -0.3 is 19.8 Å². The van der Waals surface area contributed by atoms with Gasteiger partial charge in [0.2, 0.25) is 0 Å². The predicted octanol–water partition coefficient (Wildman–Crippen LogP) is 1.65. The van der Waals surface area contributed by atoms with Crippen molar-refractivity contribution in [2.75, 3.05) is 25.2 Å². The van der Waals surface area contributed by atoms with Crippen molar-refractivity contribution in [3.8, 4) is 0 Å². The SMILES string of the molecule is COCCN(c1nc2ccccn2c1CN)C(C)C. The molecule has 0 aromatic carbocycles. The van der Waals surface area contributed by atoms with Gasteiger partial charge in [-0.15, -0.1) is 0 Å². The zero-order valence-electron chi connectivity index (χ0n) is 11.8. The van der Waals surface area contributed by atoms with Crippen LogP contribution in [0.3, 0.4) is 0 Å². The van der Waals surface area contributed by atoms with Gasteiger partial charge in [-0.1, -0.05) is 6.07 Å². The Morgan fingerprint density at radius 3 is 2.84 bits per heavy atom. The van der Waals surface area contributed by atoms with Gasteiger partial charge in [-0.2, -0.15) is 0 Å². The summed E-state index contributed by atoms with van der Waals surface area (Å²) in [5, 5.41) is 0. The van der Waals surface area contributed by atoms with Gasteiger partial charge in [0.1, 0.15) is 5.65 Å². The normalized spacial score (nSPS) is 11.4. The van der Waals surface area contributed by atoms with Crippen molar-refractivity contribution in [2.45, 2.75) is 26.4 Å². The molecule has 2 rings (SSSR count). The van der Waals surface area contributed by atoms with Crippen LogP contribution in [0.25, 0.3) is 5.65 Å². The molecule has 0 aliphatic carbocycles. The lowest BCUT2D eigenvalue weighted by atomic mass is 10.3. The van der Waals surface area contributed by atoms with Crippen LogP contribution >= 0.6 is 0 Å². The highest BCUT2D eigenvalue weighted by molar-refractivity contribution is 5.56. The Labute approximate surface area is 114 Å². The summed E-state index contributed by atoms with van der Waals surface area (Å²) in [4.78, 5) is 6.95. The zero-order chi connectivity index (χ0) is 13.8. The Morgan fingerprint density at radius 1 is 1.42 bits per heavy atom. The number of imidazole rings is 1. The first kappa shape index (κ1) is 13.8. The van der Waals surface area contributed by atoms with Crippen LogP contribution in [-0.2, 0) is 11.3 Å². The van der Waals surface area contributed by atoms with E-state index in [0.29, 0.717) is 19.2 Å². The molecular weight excluding hydrogens is 240 g/mol. The van der Waals surface area contributed by atoms with Crippen LogP contribution in [0, 0.1) is 0 Å². The van der Waals surface area contributed by atoms with E-state index in [-0.39, 0.29) is 0 Å². The molecule has 0 atom stereocenters. The fourth-order valence-electron chi connectivity index (χ4n) is 2.25. The predicted molar refractivity (Wildman–Crippen MR) is 77.4 cm³/mol. The monoisotopic (exact) mass is 262 g/mol. The zero-order valence-corrected chi connectivity index (χ0v) is 11.8. The van der Waals surface area contributed by atoms with Crippen LogP contribution in [0.1, 0.15) is 19.5 Å². The number of nitrogens with zero attached hydrogens (tertiary/aromatic N) is 3. The highest BCUT2D eigenvalue weighted by Crippen LogP contribution is 2.23. The number of hydrogen-bond donors (Lipinski definition) is 1. The van der Waals surface area contributed by atoms with Crippen molar-refractivity contribution >= 4 is 11.5 Å². The van der Waals surface area contributed by atoms with Crippen molar-refractivity contribution in [2.24, 2.45) is 5.73 Å². The van der Waals surface area contributed by atoms with Crippen LogP contribution in [0.15, 0.2) is 24.4 Å². The second kappa shape index (κ2) is 6.04. The lowest BCUT2D eigenvalue weighted by molar-refractivity contribution is 0.203. The van der Waals surface area contributed by atoms with E-state index in [4.69, 9.17) is 15.5 Å². The number of methoxy groups -OCH3 is 1. The van der Waals surface area contributed by atoms with Gasteiger partial charge in [0.15, 0.2) is 5.82 Å². The summed E-state index contributed by atoms with van der Waals surface area (Å²) >= 11 is 0. The maximum atomic E-state index is 5.91. The lowest BCUT2D eigenvalue weighted by Crippen LogP contribution is -2.35. The molecule has 0 aliphatic rings. The van der Waals surface area contributed by atoms with Gasteiger partial charge in [0, 0.05) is 32.4 Å². The maximum absolute atomic E-state index is 5.91. The first-order valence-corrected chi connectivity index (χ1v) is 6.60. The van der Waals surface area contributed by atoms with Gasteiger partial charge in [-0.05, 0) is 26.0 Å². The third-order valence-electron chi connectivity index (χ3n) is 3.23. The van der Waals surface area contributed by atoms with Gasteiger partial charge in [0.05, 0.1) is 12.3 Å². The van der Waals surface area contributed by atoms with E-state index < -0.39 is 0 Å². The summed E-state index contributed by atoms with van der Waals surface area (Å²) in [6.07, 6.45) is 2.00. The maximum Gasteiger partial charge on any atom is 0.152 e. The molecule has 5 heteroatoms. The molecule has 2 aromatic heterocycles. The highest BCUT2D eigenvalue weighted by atomic mass is 16.5. The molecule has 0 unspecified atom stereocenters. The Kier molecular flexibility index (Phi) is 4.39. The first-order chi connectivity index (χ1) is 9.19. The Balaban J connectivity index is 2.46. The molecular formula is C14H22N4O. The number of aromatic nitrogens is 2. The van der Waals surface area contributed by atoms with Gasteiger partial charge >= 0.3 is 0 Å². The average Bonchev–Trinajstić information content (AvgIpc) is 2.77. The van der Waals surface area contributed by atoms with Gasteiger partial charge in [-0.3, -0.25) is 0 Å². The Hall–Kier alpha value is -1.59. The van der Waals surface area contributed by atoms with E-state index in [1.165, 1.54) is 0 Å². The third kappa shape index (κ3) is 2.72. The Bertz CT molecular complexity index is 535. The second-order valence-electron chi connectivity index (χ2n) is 4.80. The molecule has 2 N–H and O–H groups in total. The van der Waals surface area contributed by atoms with Crippen molar-refractivity contribution in [1.82, 2.24) is 9.38 Å². The van der Waals surface area contributed by atoms with Crippen LogP contribution in [-0.4, -0.2) is 35.7 Å². The van der Waals surface area contributed by atoms with Crippen LogP contribution in [0.4, 0.5) is 5.82 Å². The topological polar surface area (TPSA) is 55.8 Å². The number of ether oxygens (including phenoxy) is 1. The Morgan fingerprint density at radius 2 is 2.21 bits per heavy atom. The fourth-order valence-corrected chi connectivity index (χ4v) is 2.25. The number of hydrogen-bond acceptors (Lipinski definition) is 4. The molecule has 104 valence electrons. The van der Waals surface area contributed by atoms with E-state index in [1.54, 1.807) is 7.11 Å². The smallest absolute Gasteiger partial charge is 0.152 e. The molecule has 2 aromatic rings. The lowest BCUT2D eigenvalue weighted by Gasteiger charge is -2.27. The first-order valence-electron chi connectivity index (χ1n) is 6.60. The minimum atomic E-state index is 0.352. The summed E-state index contributed by atoms with van der Waals surface area (Å²) < 4.78 is 7.24. The van der Waals surface area contributed by atoms with Crippen molar-refractivity contribution in [3.63, 3.8) is 0 Å². The number of rotatable bonds is 6. The largest absolute Gasteiger partial charge is 0.383 e. The standard InChI is InChI=1S/C14H22N4O/c1-11(2)17(8-9-19-3)14-12(10-15)18-7-5-4-6-13(18)16-14/h4-7,11H,8-10,15H2,1-3H3. The van der Waals surface area contributed by atoms with Gasteiger partial charge in [-0.25, -0.2) is 4.98 Å². The van der Waals surface area contributed by atoms with E-state index in [9.17, 15) is 0 Å². The van der Waals surface area contributed by atoms with Crippen molar-refractivity contribution in [3.05, 3.63) is 30.1 Å². The molecule has 0 saturated carbocycles. The number of anilines is 1. The number of nitrogens with two attached hydrogens (primary N) is 1. The molecule has 0 spiro atoms. The molecule has 2 heterocycles. The van der Waals surface area contributed by atoms with E-state index in [1.807, 2.05) is 24.4 Å². The highest BCUT2D eigenvalue weighted by Gasteiger charge is 2.19. The number of fused-ring (bicyclic) bond motifs is 1. The van der Waals surface area contributed by atoms with E-state index in [0.717, 1.165) is 23.7 Å². The molecule has 0 radical (unpaired) electrons. The second-order valence-corrected chi connectivity index (χ2v) is 4.80. The minimum Gasteiger partial charge on any atom is -0.383 e. The van der Waals surface area contributed by atoms with Crippen LogP contribution < -0.4 is 10.6 Å². The molecule has 0 amide bonds. The van der Waals surface area contributed by atoms with E-state index in [2.05, 4.69) is 23.1 Å². The number of pyridine rings is 1. The minimum absolute atomic E-state index is 0.352. The van der Waals surface area contributed by atoms with Crippen molar-refractivity contribution in [1.29, 1.82) is 0 Å². The molecule has 19 heavy (non-hydrogen) atoms. The van der Waals surface area contributed by atoms with Crippen LogP contribution in [0.2, 0.25) is 0 Å². The van der Waals surface area contributed by atoms with E-state index >= 15 is 0 Å². The summed E-state index contributed by atoms with van der Waals surface area (Å²) in [7, 11) is 1.71. The summed E-state index contributed by atoms with van der Waals surface area (Å²) in [6, 6.07) is 6.33. The summed E-state index contributed by atoms with van der Waals surface area (Å²) in [5.74, 6) is 0.959. The fraction of sp³-hybridized carbons (Fsp3) is 0.500. The summed E-state index contributed by atoms with van der Waals surface area (Å²) in [6.45, 7) is 6.26.